The zero-order valence-electron chi connectivity index (χ0n) is 17.4. The molecule has 138 valence electrons. The van der Waals surface area contributed by atoms with E-state index in [-0.39, 0.29) is 10.8 Å². The first kappa shape index (κ1) is 18.0. The molecule has 0 N–H and O–H groups in total. The maximum absolute atomic E-state index is 2.45. The molecule has 0 aliphatic heterocycles. The molecule has 0 radical (unpaired) electrons. The van der Waals surface area contributed by atoms with Crippen LogP contribution in [0.15, 0.2) is 60.7 Å². The van der Waals surface area contributed by atoms with E-state index in [1.165, 1.54) is 38.6 Å². The van der Waals surface area contributed by atoms with Gasteiger partial charge in [-0.2, -0.15) is 0 Å². The van der Waals surface area contributed by atoms with Crippen LogP contribution in [-0.4, -0.2) is 0 Å². The fourth-order valence-electron chi connectivity index (χ4n) is 4.32. The Morgan fingerprint density at radius 2 is 1.41 bits per heavy atom. The van der Waals surface area contributed by atoms with E-state index < -0.39 is 0 Å². The number of benzene rings is 3. The zero-order valence-corrected chi connectivity index (χ0v) is 17.4. The van der Waals surface area contributed by atoms with Gasteiger partial charge in [0.05, 0.1) is 0 Å². The summed E-state index contributed by atoms with van der Waals surface area (Å²) in [4.78, 5) is 0. The molecule has 0 spiro atoms. The topological polar surface area (TPSA) is 0 Å². The van der Waals surface area contributed by atoms with Crippen molar-refractivity contribution in [3.63, 3.8) is 0 Å². The van der Waals surface area contributed by atoms with Crippen molar-refractivity contribution < 1.29 is 0 Å². The molecule has 0 bridgehead atoms. The van der Waals surface area contributed by atoms with Gasteiger partial charge < -0.3 is 0 Å². The van der Waals surface area contributed by atoms with E-state index in [4.69, 9.17) is 0 Å². The van der Waals surface area contributed by atoms with Crippen molar-refractivity contribution in [2.24, 2.45) is 0 Å². The van der Waals surface area contributed by atoms with Crippen LogP contribution in [0.5, 0.6) is 0 Å². The molecule has 0 nitrogen and oxygen atoms in total. The monoisotopic (exact) mass is 354 g/mol. The van der Waals surface area contributed by atoms with Crippen molar-refractivity contribution in [1.82, 2.24) is 0 Å². The number of hydrogen-bond donors (Lipinski definition) is 0. The Kier molecular flexibility index (Phi) is 4.07. The van der Waals surface area contributed by atoms with Crippen LogP contribution in [-0.2, 0) is 10.8 Å². The molecular formula is C27H30. The lowest BCUT2D eigenvalue weighted by Gasteiger charge is -2.31. The minimum atomic E-state index is 0.106. The van der Waals surface area contributed by atoms with E-state index in [1.807, 2.05) is 0 Å². The predicted molar refractivity (Wildman–Crippen MR) is 119 cm³/mol. The van der Waals surface area contributed by atoms with Crippen molar-refractivity contribution in [2.75, 3.05) is 0 Å². The molecule has 27 heavy (non-hydrogen) atoms. The van der Waals surface area contributed by atoms with Crippen LogP contribution in [0.25, 0.3) is 16.8 Å². The molecule has 0 aromatic heterocycles. The fourth-order valence-corrected chi connectivity index (χ4v) is 4.32. The van der Waals surface area contributed by atoms with Gasteiger partial charge in [-0.05, 0) is 49.4 Å². The first-order valence-corrected chi connectivity index (χ1v) is 10.0. The molecular weight excluding hydrogens is 324 g/mol. The summed E-state index contributed by atoms with van der Waals surface area (Å²) in [5.74, 6) is 0.312. The van der Waals surface area contributed by atoms with Crippen molar-refractivity contribution in [2.45, 2.75) is 58.3 Å². The summed E-state index contributed by atoms with van der Waals surface area (Å²) in [6, 6.07) is 20.5. The summed E-state index contributed by atoms with van der Waals surface area (Å²) < 4.78 is 0. The van der Waals surface area contributed by atoms with E-state index in [1.54, 1.807) is 0 Å². The lowest BCUT2D eigenvalue weighted by atomic mass is 9.73. The summed E-state index contributed by atoms with van der Waals surface area (Å²) in [7, 11) is 0. The molecule has 0 amide bonds. The van der Waals surface area contributed by atoms with Gasteiger partial charge in [-0.1, -0.05) is 108 Å². The molecule has 1 unspecified atom stereocenters. The summed E-state index contributed by atoms with van der Waals surface area (Å²) >= 11 is 0. The van der Waals surface area contributed by atoms with Gasteiger partial charge >= 0.3 is 0 Å². The highest BCUT2D eigenvalue weighted by molar-refractivity contribution is 5.96. The fraction of sp³-hybridized carbons (Fsp3) is 0.333. The Labute approximate surface area is 163 Å². The van der Waals surface area contributed by atoms with E-state index >= 15 is 0 Å². The molecule has 1 aliphatic rings. The average Bonchev–Trinajstić information content (AvgIpc) is 2.61. The third-order valence-electron chi connectivity index (χ3n) is 5.83. The SMILES string of the molecule is CC(C)(C)c1ccc(C2C=Cc3cccc4cccc2c34)c(C(C)(C)C)c1. The maximum atomic E-state index is 2.45. The Bertz CT molecular complexity index is 1030. The minimum absolute atomic E-state index is 0.106. The van der Waals surface area contributed by atoms with Crippen molar-refractivity contribution in [3.05, 3.63) is 88.5 Å². The van der Waals surface area contributed by atoms with E-state index in [0.717, 1.165) is 0 Å². The van der Waals surface area contributed by atoms with E-state index in [9.17, 15) is 0 Å². The molecule has 1 atom stereocenters. The summed E-state index contributed by atoms with van der Waals surface area (Å²) in [5.41, 5.74) is 7.34. The first-order chi connectivity index (χ1) is 12.7. The van der Waals surface area contributed by atoms with Crippen LogP contribution in [0.3, 0.4) is 0 Å². The molecule has 0 heterocycles. The molecule has 0 saturated heterocycles. The summed E-state index contributed by atoms with van der Waals surface area (Å²) in [6.07, 6.45) is 4.70. The van der Waals surface area contributed by atoms with Gasteiger partial charge in [0.25, 0.3) is 0 Å². The van der Waals surface area contributed by atoms with E-state index in [0.29, 0.717) is 5.92 Å². The molecule has 3 aromatic rings. The highest BCUT2D eigenvalue weighted by Gasteiger charge is 2.27. The second kappa shape index (κ2) is 6.09. The highest BCUT2D eigenvalue weighted by Crippen LogP contribution is 2.42. The van der Waals surface area contributed by atoms with Gasteiger partial charge in [0, 0.05) is 5.92 Å². The quantitative estimate of drug-likeness (QED) is 0.422. The van der Waals surface area contributed by atoms with Gasteiger partial charge in [-0.3, -0.25) is 0 Å². The number of allylic oxidation sites excluding steroid dienone is 1. The van der Waals surface area contributed by atoms with Crippen molar-refractivity contribution in [3.8, 4) is 0 Å². The minimum Gasteiger partial charge on any atom is -0.0720 e. The average molecular weight is 355 g/mol. The largest absolute Gasteiger partial charge is 0.0720 e. The van der Waals surface area contributed by atoms with Crippen LogP contribution < -0.4 is 0 Å². The highest BCUT2D eigenvalue weighted by atomic mass is 14.3. The Morgan fingerprint density at radius 3 is 2.07 bits per heavy atom. The number of hydrogen-bond acceptors (Lipinski definition) is 0. The second-order valence-electron chi connectivity index (χ2n) is 9.93. The van der Waals surface area contributed by atoms with Crippen LogP contribution >= 0.6 is 0 Å². The standard InChI is InChI=1S/C27H30/c1-26(2,3)20-14-16-22(24(17-20)27(4,5)6)21-15-13-19-10-7-9-18-11-8-12-23(21)25(18)19/h7-17,21H,1-6H3. The Morgan fingerprint density at radius 1 is 0.704 bits per heavy atom. The zero-order chi connectivity index (χ0) is 19.4. The molecule has 3 aromatic carbocycles. The van der Waals surface area contributed by atoms with Crippen molar-refractivity contribution in [1.29, 1.82) is 0 Å². The van der Waals surface area contributed by atoms with E-state index in [2.05, 4.69) is 108 Å². The van der Waals surface area contributed by atoms with Crippen LogP contribution in [0.4, 0.5) is 0 Å². The lowest BCUT2D eigenvalue weighted by molar-refractivity contribution is 0.563. The lowest BCUT2D eigenvalue weighted by Crippen LogP contribution is -2.20. The molecule has 0 saturated carbocycles. The molecule has 0 heteroatoms. The van der Waals surface area contributed by atoms with Crippen LogP contribution in [0, 0.1) is 0 Å². The predicted octanol–water partition coefficient (Wildman–Crippen LogP) is 7.59. The summed E-state index contributed by atoms with van der Waals surface area (Å²) in [5, 5.41) is 2.75. The van der Waals surface area contributed by atoms with Gasteiger partial charge in [-0.15, -0.1) is 0 Å². The second-order valence-corrected chi connectivity index (χ2v) is 9.93. The third-order valence-corrected chi connectivity index (χ3v) is 5.83. The molecule has 4 rings (SSSR count). The normalized spacial score (nSPS) is 16.7. The Hall–Kier alpha value is -2.34. The van der Waals surface area contributed by atoms with Gasteiger partial charge in [-0.25, -0.2) is 0 Å². The summed E-state index contributed by atoms with van der Waals surface area (Å²) in [6.45, 7) is 13.9. The molecule has 0 fully saturated rings. The number of rotatable bonds is 1. The maximum Gasteiger partial charge on any atom is 0.0282 e. The first-order valence-electron chi connectivity index (χ1n) is 10.0. The van der Waals surface area contributed by atoms with Crippen LogP contribution in [0.1, 0.15) is 75.3 Å². The van der Waals surface area contributed by atoms with Gasteiger partial charge in [0.1, 0.15) is 0 Å². The van der Waals surface area contributed by atoms with Crippen molar-refractivity contribution >= 4 is 16.8 Å². The molecule has 1 aliphatic carbocycles. The Balaban J connectivity index is 1.95. The van der Waals surface area contributed by atoms with Gasteiger partial charge in [0.2, 0.25) is 0 Å². The van der Waals surface area contributed by atoms with Gasteiger partial charge in [0.15, 0.2) is 0 Å². The van der Waals surface area contributed by atoms with Crippen LogP contribution in [0.2, 0.25) is 0 Å². The third kappa shape index (κ3) is 3.12. The smallest absolute Gasteiger partial charge is 0.0282 e.